The lowest BCUT2D eigenvalue weighted by molar-refractivity contribution is 0.0670. The van der Waals surface area contributed by atoms with E-state index >= 15 is 0 Å². The normalized spacial score (nSPS) is 12.6. The van der Waals surface area contributed by atoms with E-state index in [-0.39, 0.29) is 11.7 Å². The molecule has 1 atom stereocenters. The predicted octanol–water partition coefficient (Wildman–Crippen LogP) is 2.57. The van der Waals surface area contributed by atoms with Gasteiger partial charge >= 0.3 is 0 Å². The first-order valence-electron chi connectivity index (χ1n) is 6.80. The molecule has 19 heavy (non-hydrogen) atoms. The topological polar surface area (TPSA) is 30.5 Å². The highest BCUT2D eigenvalue weighted by molar-refractivity contribution is 5.21. The first-order chi connectivity index (χ1) is 9.27. The zero-order valence-corrected chi connectivity index (χ0v) is 11.8. The van der Waals surface area contributed by atoms with Crippen LogP contribution >= 0.6 is 0 Å². The van der Waals surface area contributed by atoms with Crippen LogP contribution in [0.25, 0.3) is 0 Å². The third-order valence-electron chi connectivity index (χ3n) is 3.00. The monoisotopic (exact) mass is 269 g/mol. The highest BCUT2D eigenvalue weighted by Gasteiger charge is 2.11. The van der Waals surface area contributed by atoms with E-state index in [2.05, 4.69) is 12.2 Å². The van der Waals surface area contributed by atoms with Gasteiger partial charge in [0.25, 0.3) is 0 Å². The molecule has 0 saturated carbocycles. The maximum Gasteiger partial charge on any atom is 0.123 e. The number of ether oxygens (including phenoxy) is 2. The zero-order chi connectivity index (χ0) is 13.9. The number of hydrogen-bond donors (Lipinski definition) is 1. The molecule has 1 rings (SSSR count). The minimum atomic E-state index is -0.181. The Morgan fingerprint density at radius 2 is 2.11 bits per heavy atom. The number of likely N-dealkylation sites (N-methyl/N-ethyl adjacent to an activating group) is 1. The van der Waals surface area contributed by atoms with Gasteiger partial charge in [-0.2, -0.15) is 0 Å². The highest BCUT2D eigenvalue weighted by Crippen LogP contribution is 2.19. The molecule has 108 valence electrons. The number of halogens is 1. The number of hydrogen-bond acceptors (Lipinski definition) is 3. The number of rotatable bonds is 10. The Hall–Kier alpha value is -0.970. The third-order valence-corrected chi connectivity index (χ3v) is 3.00. The Bertz CT molecular complexity index is 347. The predicted molar refractivity (Wildman–Crippen MR) is 75.0 cm³/mol. The summed E-state index contributed by atoms with van der Waals surface area (Å²) in [5.41, 5.74) is 1.02. The lowest BCUT2D eigenvalue weighted by Crippen LogP contribution is -2.22. The summed E-state index contributed by atoms with van der Waals surface area (Å²) >= 11 is 0. The van der Waals surface area contributed by atoms with Gasteiger partial charge in [-0.1, -0.05) is 19.1 Å². The van der Waals surface area contributed by atoms with Crippen molar-refractivity contribution in [2.24, 2.45) is 0 Å². The van der Waals surface area contributed by atoms with E-state index < -0.39 is 0 Å². The summed E-state index contributed by atoms with van der Waals surface area (Å²) in [6.45, 7) is 5.70. The van der Waals surface area contributed by atoms with Crippen molar-refractivity contribution in [1.82, 2.24) is 5.32 Å². The van der Waals surface area contributed by atoms with Crippen LogP contribution in [-0.4, -0.2) is 40.0 Å². The van der Waals surface area contributed by atoms with Gasteiger partial charge in [-0.05, 0) is 36.6 Å². The number of methoxy groups -OCH3 is 1. The van der Waals surface area contributed by atoms with Gasteiger partial charge in [-0.25, -0.2) is 4.39 Å². The molecule has 0 radical (unpaired) electrons. The Morgan fingerprint density at radius 1 is 1.26 bits per heavy atom. The van der Waals surface area contributed by atoms with Crippen molar-refractivity contribution in [1.29, 1.82) is 0 Å². The summed E-state index contributed by atoms with van der Waals surface area (Å²) in [6.07, 6.45) is 0.875. The van der Waals surface area contributed by atoms with E-state index in [4.69, 9.17) is 9.47 Å². The van der Waals surface area contributed by atoms with Crippen molar-refractivity contribution >= 4 is 0 Å². The summed E-state index contributed by atoms with van der Waals surface area (Å²) in [6, 6.07) is 6.82. The minimum absolute atomic E-state index is 0.181. The van der Waals surface area contributed by atoms with Crippen LogP contribution < -0.4 is 5.32 Å². The standard InChI is InChI=1S/C15H24FNO2/c1-3-17-12-14(7-8-19-10-9-18-2)13-5-4-6-15(16)11-13/h4-6,11,14,17H,3,7-10,12H2,1-2H3. The lowest BCUT2D eigenvalue weighted by Gasteiger charge is -2.18. The van der Waals surface area contributed by atoms with Crippen molar-refractivity contribution in [3.63, 3.8) is 0 Å². The van der Waals surface area contributed by atoms with Gasteiger partial charge in [0.05, 0.1) is 13.2 Å². The fraction of sp³-hybridized carbons (Fsp3) is 0.600. The molecule has 0 aliphatic heterocycles. The molecule has 1 aromatic rings. The second-order valence-corrected chi connectivity index (χ2v) is 4.45. The molecule has 0 spiro atoms. The quantitative estimate of drug-likeness (QED) is 0.662. The summed E-state index contributed by atoms with van der Waals surface area (Å²) < 4.78 is 23.7. The van der Waals surface area contributed by atoms with Gasteiger partial charge in [-0.15, -0.1) is 0 Å². The highest BCUT2D eigenvalue weighted by atomic mass is 19.1. The molecular formula is C15H24FNO2. The second kappa shape index (κ2) is 9.89. The average molecular weight is 269 g/mol. The van der Waals surface area contributed by atoms with Crippen molar-refractivity contribution in [3.8, 4) is 0 Å². The average Bonchev–Trinajstić information content (AvgIpc) is 2.42. The molecule has 0 saturated heterocycles. The van der Waals surface area contributed by atoms with Crippen molar-refractivity contribution < 1.29 is 13.9 Å². The summed E-state index contributed by atoms with van der Waals surface area (Å²) in [5.74, 6) is 0.0949. The van der Waals surface area contributed by atoms with Crippen LogP contribution in [0.1, 0.15) is 24.8 Å². The van der Waals surface area contributed by atoms with Crippen molar-refractivity contribution in [2.45, 2.75) is 19.3 Å². The molecule has 0 fully saturated rings. The molecule has 1 unspecified atom stereocenters. The lowest BCUT2D eigenvalue weighted by atomic mass is 9.96. The Morgan fingerprint density at radius 3 is 2.79 bits per heavy atom. The molecule has 3 nitrogen and oxygen atoms in total. The molecule has 1 aromatic carbocycles. The summed E-state index contributed by atoms with van der Waals surface area (Å²) in [5, 5.41) is 3.32. The van der Waals surface area contributed by atoms with Crippen molar-refractivity contribution in [2.75, 3.05) is 40.0 Å². The van der Waals surface area contributed by atoms with Crippen LogP contribution in [0.4, 0.5) is 4.39 Å². The maximum atomic E-state index is 13.3. The van der Waals surface area contributed by atoms with Gasteiger partial charge < -0.3 is 14.8 Å². The first-order valence-corrected chi connectivity index (χ1v) is 6.80. The number of benzene rings is 1. The SMILES string of the molecule is CCNCC(CCOCCOC)c1cccc(F)c1. The molecular weight excluding hydrogens is 245 g/mol. The second-order valence-electron chi connectivity index (χ2n) is 4.45. The van der Waals surface area contributed by atoms with Gasteiger partial charge in [0.2, 0.25) is 0 Å². The maximum absolute atomic E-state index is 13.3. The van der Waals surface area contributed by atoms with E-state index in [1.54, 1.807) is 19.2 Å². The molecule has 0 aliphatic carbocycles. The molecule has 0 aromatic heterocycles. The Balaban J connectivity index is 2.47. The van der Waals surface area contributed by atoms with Gasteiger partial charge in [-0.3, -0.25) is 0 Å². The number of nitrogens with one attached hydrogen (secondary N) is 1. The van der Waals surface area contributed by atoms with Gasteiger partial charge in [0.15, 0.2) is 0 Å². The smallest absolute Gasteiger partial charge is 0.123 e. The fourth-order valence-electron chi connectivity index (χ4n) is 1.94. The van der Waals surface area contributed by atoms with Crippen LogP contribution in [0.3, 0.4) is 0 Å². The van der Waals surface area contributed by atoms with E-state index in [0.717, 1.165) is 25.1 Å². The van der Waals surface area contributed by atoms with E-state index in [0.29, 0.717) is 19.8 Å². The van der Waals surface area contributed by atoms with Gasteiger partial charge in [0.1, 0.15) is 5.82 Å². The van der Waals surface area contributed by atoms with Crippen molar-refractivity contribution in [3.05, 3.63) is 35.6 Å². The minimum Gasteiger partial charge on any atom is -0.382 e. The van der Waals surface area contributed by atoms with E-state index in [1.807, 2.05) is 6.07 Å². The summed E-state index contributed by atoms with van der Waals surface area (Å²) in [4.78, 5) is 0. The van der Waals surface area contributed by atoms with Gasteiger partial charge in [0, 0.05) is 20.3 Å². The molecule has 0 amide bonds. The van der Waals surface area contributed by atoms with E-state index in [1.165, 1.54) is 6.07 Å². The molecule has 0 bridgehead atoms. The van der Waals surface area contributed by atoms with Crippen LogP contribution in [-0.2, 0) is 9.47 Å². The fourth-order valence-corrected chi connectivity index (χ4v) is 1.94. The van der Waals surface area contributed by atoms with E-state index in [9.17, 15) is 4.39 Å². The molecule has 0 aliphatic rings. The van der Waals surface area contributed by atoms with Crippen LogP contribution in [0, 0.1) is 5.82 Å². The van der Waals surface area contributed by atoms with Crippen LogP contribution in [0.2, 0.25) is 0 Å². The van der Waals surface area contributed by atoms with Crippen LogP contribution in [0.5, 0.6) is 0 Å². The summed E-state index contributed by atoms with van der Waals surface area (Å²) in [7, 11) is 1.66. The largest absolute Gasteiger partial charge is 0.382 e. The zero-order valence-electron chi connectivity index (χ0n) is 11.8. The molecule has 1 N–H and O–H groups in total. The molecule has 4 heteroatoms. The molecule has 0 heterocycles. The Kier molecular flexibility index (Phi) is 8.38. The van der Waals surface area contributed by atoms with Crippen LogP contribution in [0.15, 0.2) is 24.3 Å². The Labute approximate surface area is 115 Å². The first kappa shape index (κ1) is 16.1. The third kappa shape index (κ3) is 6.66.